The number of amides is 1. The van der Waals surface area contributed by atoms with Gasteiger partial charge in [0.25, 0.3) is 5.91 Å². The number of nitrogens with one attached hydrogen (secondary N) is 2. The number of halogens is 1. The second kappa shape index (κ2) is 8.59. The van der Waals surface area contributed by atoms with E-state index in [2.05, 4.69) is 10.0 Å². The average Bonchev–Trinajstić information content (AvgIpc) is 2.60. The van der Waals surface area contributed by atoms with Gasteiger partial charge in [-0.25, -0.2) is 17.5 Å². The Morgan fingerprint density at radius 3 is 2.32 bits per heavy atom. The summed E-state index contributed by atoms with van der Waals surface area (Å²) in [5.74, 6) is -0.436. The van der Waals surface area contributed by atoms with E-state index in [9.17, 15) is 17.6 Å². The van der Waals surface area contributed by atoms with Gasteiger partial charge in [0, 0.05) is 12.2 Å². The monoisotopic (exact) mass is 366 g/mol. The van der Waals surface area contributed by atoms with E-state index in [1.54, 1.807) is 0 Å². The minimum atomic E-state index is -3.53. The minimum Gasteiger partial charge on any atom is -0.484 e. The highest BCUT2D eigenvalue weighted by molar-refractivity contribution is 7.89. The summed E-state index contributed by atoms with van der Waals surface area (Å²) >= 11 is 0. The summed E-state index contributed by atoms with van der Waals surface area (Å²) in [4.78, 5) is 11.9. The Morgan fingerprint density at radius 1 is 1.08 bits per heavy atom. The number of sulfonamides is 1. The third kappa shape index (κ3) is 5.84. The molecular weight excluding hydrogens is 347 g/mol. The number of hydrogen-bond acceptors (Lipinski definition) is 4. The molecule has 0 aliphatic carbocycles. The molecule has 0 heterocycles. The van der Waals surface area contributed by atoms with Crippen LogP contribution in [0.1, 0.15) is 13.3 Å². The summed E-state index contributed by atoms with van der Waals surface area (Å²) in [6.07, 6.45) is 0.698. The first kappa shape index (κ1) is 18.9. The van der Waals surface area contributed by atoms with Gasteiger partial charge in [0.05, 0.1) is 4.90 Å². The molecule has 0 aliphatic heterocycles. The van der Waals surface area contributed by atoms with Crippen LogP contribution in [0.15, 0.2) is 53.4 Å². The summed E-state index contributed by atoms with van der Waals surface area (Å²) in [6.45, 7) is 1.98. The van der Waals surface area contributed by atoms with Crippen LogP contribution in [-0.2, 0) is 14.8 Å². The molecule has 0 unspecified atom stereocenters. The molecule has 2 aromatic rings. The third-order valence-electron chi connectivity index (χ3n) is 3.17. The molecule has 0 fully saturated rings. The molecule has 0 bridgehead atoms. The average molecular weight is 366 g/mol. The van der Waals surface area contributed by atoms with Crippen molar-refractivity contribution in [2.24, 2.45) is 0 Å². The summed E-state index contributed by atoms with van der Waals surface area (Å²) < 4.78 is 44.5. The van der Waals surface area contributed by atoms with E-state index < -0.39 is 21.7 Å². The first-order valence-corrected chi connectivity index (χ1v) is 9.17. The van der Waals surface area contributed by atoms with Crippen molar-refractivity contribution in [1.29, 1.82) is 0 Å². The fraction of sp³-hybridized carbons (Fsp3) is 0.235. The SMILES string of the molecule is CCCNS(=O)(=O)c1ccc(OCC(=O)Nc2ccc(F)cc2)cc1. The molecule has 0 aromatic heterocycles. The molecule has 0 aliphatic rings. The van der Waals surface area contributed by atoms with Gasteiger partial charge in [-0.1, -0.05) is 6.92 Å². The van der Waals surface area contributed by atoms with E-state index in [0.29, 0.717) is 24.4 Å². The number of rotatable bonds is 8. The molecule has 0 saturated heterocycles. The van der Waals surface area contributed by atoms with Gasteiger partial charge >= 0.3 is 0 Å². The number of ether oxygens (including phenoxy) is 1. The highest BCUT2D eigenvalue weighted by atomic mass is 32.2. The van der Waals surface area contributed by atoms with Crippen LogP contribution in [-0.4, -0.2) is 27.5 Å². The number of benzene rings is 2. The van der Waals surface area contributed by atoms with Crippen LogP contribution in [0.2, 0.25) is 0 Å². The van der Waals surface area contributed by atoms with Gasteiger partial charge in [0.2, 0.25) is 10.0 Å². The summed E-state index contributed by atoms with van der Waals surface area (Å²) in [5, 5.41) is 2.56. The molecule has 2 aromatic carbocycles. The lowest BCUT2D eigenvalue weighted by Crippen LogP contribution is -2.24. The first-order chi connectivity index (χ1) is 11.9. The lowest BCUT2D eigenvalue weighted by atomic mass is 10.3. The van der Waals surface area contributed by atoms with E-state index in [0.717, 1.165) is 0 Å². The van der Waals surface area contributed by atoms with Crippen molar-refractivity contribution in [2.45, 2.75) is 18.2 Å². The Morgan fingerprint density at radius 2 is 1.72 bits per heavy atom. The van der Waals surface area contributed by atoms with Crippen LogP contribution in [0.5, 0.6) is 5.75 Å². The topological polar surface area (TPSA) is 84.5 Å². The van der Waals surface area contributed by atoms with Gasteiger partial charge in [0.1, 0.15) is 11.6 Å². The number of anilines is 1. The van der Waals surface area contributed by atoms with Crippen molar-refractivity contribution in [3.63, 3.8) is 0 Å². The number of carbonyl (C=O) groups is 1. The van der Waals surface area contributed by atoms with Gasteiger partial charge in [-0.2, -0.15) is 0 Å². The molecule has 2 N–H and O–H groups in total. The third-order valence-corrected chi connectivity index (χ3v) is 4.65. The van der Waals surface area contributed by atoms with Crippen molar-refractivity contribution in [3.05, 3.63) is 54.3 Å². The fourth-order valence-electron chi connectivity index (χ4n) is 1.91. The predicted octanol–water partition coefficient (Wildman–Crippen LogP) is 2.53. The molecule has 0 radical (unpaired) electrons. The first-order valence-electron chi connectivity index (χ1n) is 7.68. The Kier molecular flexibility index (Phi) is 6.49. The lowest BCUT2D eigenvalue weighted by Gasteiger charge is -2.09. The van der Waals surface area contributed by atoms with Crippen LogP contribution in [0.4, 0.5) is 10.1 Å². The standard InChI is InChI=1S/C17H19FN2O4S/c1-2-11-19-25(22,23)16-9-7-15(8-10-16)24-12-17(21)20-14-5-3-13(18)4-6-14/h3-10,19H,2,11-12H2,1H3,(H,20,21). The van der Waals surface area contributed by atoms with E-state index in [1.807, 2.05) is 6.92 Å². The van der Waals surface area contributed by atoms with Crippen molar-refractivity contribution < 1.29 is 22.3 Å². The lowest BCUT2D eigenvalue weighted by molar-refractivity contribution is -0.118. The molecule has 0 atom stereocenters. The maximum absolute atomic E-state index is 12.8. The number of hydrogen-bond donors (Lipinski definition) is 2. The molecule has 0 spiro atoms. The Bertz CT molecular complexity index is 806. The molecule has 25 heavy (non-hydrogen) atoms. The summed E-state index contributed by atoms with van der Waals surface area (Å²) in [6, 6.07) is 11.1. The van der Waals surface area contributed by atoms with Crippen molar-refractivity contribution in [1.82, 2.24) is 4.72 Å². The number of carbonyl (C=O) groups excluding carboxylic acids is 1. The van der Waals surface area contributed by atoms with Crippen LogP contribution < -0.4 is 14.8 Å². The van der Waals surface area contributed by atoms with Crippen LogP contribution in [0, 0.1) is 5.82 Å². The van der Waals surface area contributed by atoms with Crippen molar-refractivity contribution in [3.8, 4) is 5.75 Å². The van der Waals surface area contributed by atoms with E-state index in [-0.39, 0.29) is 11.5 Å². The van der Waals surface area contributed by atoms with Crippen LogP contribution in [0.25, 0.3) is 0 Å². The van der Waals surface area contributed by atoms with E-state index >= 15 is 0 Å². The van der Waals surface area contributed by atoms with Gasteiger partial charge < -0.3 is 10.1 Å². The Labute approximate surface area is 146 Å². The normalized spacial score (nSPS) is 11.1. The fourth-order valence-corrected chi connectivity index (χ4v) is 3.05. The van der Waals surface area contributed by atoms with Gasteiger partial charge in [0.15, 0.2) is 6.61 Å². The molecule has 134 valence electrons. The smallest absolute Gasteiger partial charge is 0.262 e. The quantitative estimate of drug-likeness (QED) is 0.752. The Balaban J connectivity index is 1.88. The zero-order valence-corrected chi connectivity index (χ0v) is 14.5. The van der Waals surface area contributed by atoms with Crippen LogP contribution >= 0.6 is 0 Å². The van der Waals surface area contributed by atoms with E-state index in [1.165, 1.54) is 48.5 Å². The van der Waals surface area contributed by atoms with Crippen LogP contribution in [0.3, 0.4) is 0 Å². The van der Waals surface area contributed by atoms with Gasteiger partial charge in [-0.3, -0.25) is 4.79 Å². The van der Waals surface area contributed by atoms with Gasteiger partial charge in [-0.15, -0.1) is 0 Å². The summed E-state index contributed by atoms with van der Waals surface area (Å²) in [7, 11) is -3.53. The largest absolute Gasteiger partial charge is 0.484 e. The molecule has 8 heteroatoms. The predicted molar refractivity (Wildman–Crippen MR) is 92.4 cm³/mol. The highest BCUT2D eigenvalue weighted by Gasteiger charge is 2.13. The maximum Gasteiger partial charge on any atom is 0.262 e. The second-order valence-corrected chi connectivity index (χ2v) is 6.98. The summed E-state index contributed by atoms with van der Waals surface area (Å²) in [5.41, 5.74) is 0.457. The van der Waals surface area contributed by atoms with Gasteiger partial charge in [-0.05, 0) is 55.0 Å². The molecule has 2 rings (SSSR count). The molecule has 1 amide bonds. The molecule has 6 nitrogen and oxygen atoms in total. The molecular formula is C17H19FN2O4S. The zero-order valence-electron chi connectivity index (χ0n) is 13.7. The second-order valence-electron chi connectivity index (χ2n) is 5.21. The van der Waals surface area contributed by atoms with Crippen molar-refractivity contribution in [2.75, 3.05) is 18.5 Å². The Hall–Kier alpha value is -2.45. The van der Waals surface area contributed by atoms with Crippen molar-refractivity contribution >= 4 is 21.6 Å². The maximum atomic E-state index is 12.8. The highest BCUT2D eigenvalue weighted by Crippen LogP contribution is 2.16. The zero-order chi connectivity index (χ0) is 18.3. The van der Waals surface area contributed by atoms with E-state index in [4.69, 9.17) is 4.74 Å². The minimum absolute atomic E-state index is 0.129. The molecule has 0 saturated carbocycles.